The van der Waals surface area contributed by atoms with E-state index in [1.165, 1.54) is 4.31 Å². The lowest BCUT2D eigenvalue weighted by Crippen LogP contribution is -2.30. The molecule has 0 saturated heterocycles. The Kier molecular flexibility index (Phi) is 6.51. The molecule has 1 heterocycles. The molecular formula is C19H24ClN3O3S. The molecule has 0 spiro atoms. The number of amides is 1. The van der Waals surface area contributed by atoms with Crippen LogP contribution in [0.15, 0.2) is 47.4 Å². The highest BCUT2D eigenvalue weighted by Crippen LogP contribution is 2.32. The van der Waals surface area contributed by atoms with Crippen LogP contribution in [0.1, 0.15) is 29.8 Å². The Morgan fingerprint density at radius 2 is 1.74 bits per heavy atom. The first-order valence-corrected chi connectivity index (χ1v) is 10.1. The predicted molar refractivity (Wildman–Crippen MR) is 110 cm³/mol. The fourth-order valence-electron chi connectivity index (χ4n) is 3.24. The van der Waals surface area contributed by atoms with E-state index in [1.807, 2.05) is 13.8 Å². The molecule has 0 atom stereocenters. The molecule has 0 saturated carbocycles. The van der Waals surface area contributed by atoms with Crippen LogP contribution in [0.4, 0.5) is 11.4 Å². The van der Waals surface area contributed by atoms with Crippen molar-refractivity contribution in [2.24, 2.45) is 0 Å². The minimum absolute atomic E-state index is 0. The van der Waals surface area contributed by atoms with Gasteiger partial charge in [-0.05, 0) is 54.4 Å². The van der Waals surface area contributed by atoms with Crippen LogP contribution in [0.2, 0.25) is 0 Å². The van der Waals surface area contributed by atoms with Crippen molar-refractivity contribution in [2.75, 3.05) is 30.3 Å². The third-order valence-electron chi connectivity index (χ3n) is 4.69. The van der Waals surface area contributed by atoms with Gasteiger partial charge in [-0.15, -0.1) is 12.4 Å². The first kappa shape index (κ1) is 21.2. The van der Waals surface area contributed by atoms with Gasteiger partial charge in [-0.2, -0.15) is 4.31 Å². The third-order valence-corrected chi connectivity index (χ3v) is 6.74. The molecule has 146 valence electrons. The lowest BCUT2D eigenvalue weighted by Gasteiger charge is -2.20. The minimum Gasteiger partial charge on any atom is -0.399 e. The number of halogens is 1. The summed E-state index contributed by atoms with van der Waals surface area (Å²) in [5.41, 5.74) is 8.49. The van der Waals surface area contributed by atoms with Crippen LogP contribution in [0.25, 0.3) is 0 Å². The van der Waals surface area contributed by atoms with Crippen molar-refractivity contribution in [1.82, 2.24) is 4.31 Å². The van der Waals surface area contributed by atoms with Crippen LogP contribution in [-0.2, 0) is 16.4 Å². The van der Waals surface area contributed by atoms with Crippen molar-refractivity contribution in [3.63, 3.8) is 0 Å². The van der Waals surface area contributed by atoms with Gasteiger partial charge in [-0.25, -0.2) is 8.42 Å². The molecule has 3 rings (SSSR count). The Morgan fingerprint density at radius 1 is 1.11 bits per heavy atom. The maximum atomic E-state index is 12.8. The first-order valence-electron chi connectivity index (χ1n) is 8.69. The van der Waals surface area contributed by atoms with Crippen molar-refractivity contribution < 1.29 is 13.2 Å². The highest BCUT2D eigenvalue weighted by Gasteiger charge is 2.28. The van der Waals surface area contributed by atoms with Gasteiger partial charge in [0.2, 0.25) is 10.0 Å². The molecule has 2 aromatic rings. The van der Waals surface area contributed by atoms with E-state index in [-0.39, 0.29) is 23.2 Å². The summed E-state index contributed by atoms with van der Waals surface area (Å²) in [4.78, 5) is 14.7. The zero-order valence-electron chi connectivity index (χ0n) is 15.4. The molecule has 1 aliphatic heterocycles. The smallest absolute Gasteiger partial charge is 0.258 e. The molecule has 6 nitrogen and oxygen atoms in total. The van der Waals surface area contributed by atoms with Gasteiger partial charge in [-0.1, -0.05) is 13.8 Å². The fourth-order valence-corrected chi connectivity index (χ4v) is 4.75. The lowest BCUT2D eigenvalue weighted by molar-refractivity contribution is 0.0989. The number of carbonyl (C=O) groups is 1. The third kappa shape index (κ3) is 3.95. The number of nitrogen functional groups attached to an aromatic ring is 1. The number of nitrogens with two attached hydrogens (primary N) is 1. The fraction of sp³-hybridized carbons (Fsp3) is 0.316. The van der Waals surface area contributed by atoms with Crippen molar-refractivity contribution in [3.8, 4) is 0 Å². The number of sulfonamides is 1. The number of fused-ring (bicyclic) bond motifs is 1. The monoisotopic (exact) mass is 409 g/mol. The predicted octanol–water partition coefficient (Wildman–Crippen LogP) is 2.92. The Labute approximate surface area is 166 Å². The second-order valence-corrected chi connectivity index (χ2v) is 8.15. The molecule has 0 bridgehead atoms. The van der Waals surface area contributed by atoms with Crippen molar-refractivity contribution in [2.45, 2.75) is 25.2 Å². The van der Waals surface area contributed by atoms with Crippen LogP contribution in [-0.4, -0.2) is 38.3 Å². The second-order valence-electron chi connectivity index (χ2n) is 6.21. The van der Waals surface area contributed by atoms with Crippen LogP contribution in [0, 0.1) is 0 Å². The minimum atomic E-state index is -3.50. The molecule has 0 radical (unpaired) electrons. The van der Waals surface area contributed by atoms with Crippen LogP contribution >= 0.6 is 12.4 Å². The number of hydrogen-bond acceptors (Lipinski definition) is 4. The number of rotatable bonds is 5. The van der Waals surface area contributed by atoms with Gasteiger partial charge in [0.15, 0.2) is 0 Å². The van der Waals surface area contributed by atoms with E-state index in [4.69, 9.17) is 5.73 Å². The quantitative estimate of drug-likeness (QED) is 0.769. The summed E-state index contributed by atoms with van der Waals surface area (Å²) in [6, 6.07) is 11.8. The van der Waals surface area contributed by atoms with Crippen LogP contribution in [0.3, 0.4) is 0 Å². The number of nitrogens with zero attached hydrogens (tertiary/aromatic N) is 2. The molecular weight excluding hydrogens is 386 g/mol. The van der Waals surface area contributed by atoms with E-state index in [1.54, 1.807) is 47.4 Å². The van der Waals surface area contributed by atoms with Crippen LogP contribution < -0.4 is 10.6 Å². The second kappa shape index (κ2) is 8.29. The SMILES string of the molecule is CCN(CC)S(=O)(=O)c1ccc2c(c1)CCN2C(=O)c1ccc(N)cc1.Cl. The van der Waals surface area contributed by atoms with E-state index in [0.717, 1.165) is 11.3 Å². The summed E-state index contributed by atoms with van der Waals surface area (Å²) in [7, 11) is -3.50. The number of hydrogen-bond donors (Lipinski definition) is 1. The molecule has 1 amide bonds. The maximum Gasteiger partial charge on any atom is 0.258 e. The van der Waals surface area contributed by atoms with E-state index < -0.39 is 10.0 Å². The summed E-state index contributed by atoms with van der Waals surface area (Å²) in [5, 5.41) is 0. The highest BCUT2D eigenvalue weighted by molar-refractivity contribution is 7.89. The number of anilines is 2. The van der Waals surface area contributed by atoms with Gasteiger partial charge in [0.25, 0.3) is 5.91 Å². The molecule has 8 heteroatoms. The van der Waals surface area contributed by atoms with E-state index in [9.17, 15) is 13.2 Å². The molecule has 0 fully saturated rings. The number of benzene rings is 2. The van der Waals surface area contributed by atoms with Crippen molar-refractivity contribution in [3.05, 3.63) is 53.6 Å². The van der Waals surface area contributed by atoms with E-state index >= 15 is 0 Å². The average Bonchev–Trinajstić information content (AvgIpc) is 3.05. The largest absolute Gasteiger partial charge is 0.399 e. The highest BCUT2D eigenvalue weighted by atomic mass is 35.5. The molecule has 1 aliphatic rings. The van der Waals surface area contributed by atoms with Gasteiger partial charge in [0, 0.05) is 36.6 Å². The summed E-state index contributed by atoms with van der Waals surface area (Å²) >= 11 is 0. The molecule has 2 N–H and O–H groups in total. The van der Waals surface area contributed by atoms with Crippen molar-refractivity contribution in [1.29, 1.82) is 0 Å². The Hall–Kier alpha value is -2.09. The Morgan fingerprint density at radius 3 is 2.33 bits per heavy atom. The molecule has 0 unspecified atom stereocenters. The summed E-state index contributed by atoms with van der Waals surface area (Å²) in [5.74, 6) is -0.108. The summed E-state index contributed by atoms with van der Waals surface area (Å²) in [6.07, 6.45) is 0.637. The van der Waals surface area contributed by atoms with Gasteiger partial charge >= 0.3 is 0 Å². The first-order chi connectivity index (χ1) is 12.4. The van der Waals surface area contributed by atoms with Crippen molar-refractivity contribution >= 4 is 39.7 Å². The van der Waals surface area contributed by atoms with Gasteiger partial charge in [0.05, 0.1) is 4.90 Å². The normalized spacial score (nSPS) is 13.4. The van der Waals surface area contributed by atoms with E-state index in [0.29, 0.717) is 37.3 Å². The zero-order chi connectivity index (χ0) is 18.9. The molecule has 2 aromatic carbocycles. The standard InChI is InChI=1S/C19H23N3O3S.ClH/c1-3-21(4-2)26(24,25)17-9-10-18-15(13-17)11-12-22(18)19(23)14-5-7-16(20)8-6-14;/h5-10,13H,3-4,11-12,20H2,1-2H3;1H. The lowest BCUT2D eigenvalue weighted by atomic mass is 10.1. The Balaban J connectivity index is 0.00000261. The summed E-state index contributed by atoms with van der Waals surface area (Å²) in [6.45, 7) is 5.03. The Bertz CT molecular complexity index is 926. The van der Waals surface area contributed by atoms with Crippen LogP contribution in [0.5, 0.6) is 0 Å². The molecule has 27 heavy (non-hydrogen) atoms. The average molecular weight is 410 g/mol. The molecule has 0 aromatic heterocycles. The summed E-state index contributed by atoms with van der Waals surface area (Å²) < 4.78 is 26.8. The maximum absolute atomic E-state index is 12.8. The topological polar surface area (TPSA) is 83.7 Å². The zero-order valence-corrected chi connectivity index (χ0v) is 17.0. The molecule has 0 aliphatic carbocycles. The van der Waals surface area contributed by atoms with E-state index in [2.05, 4.69) is 0 Å². The van der Waals surface area contributed by atoms with Gasteiger partial charge in [0.1, 0.15) is 0 Å². The van der Waals surface area contributed by atoms with Gasteiger partial charge < -0.3 is 10.6 Å². The van der Waals surface area contributed by atoms with Gasteiger partial charge in [-0.3, -0.25) is 4.79 Å². The number of carbonyl (C=O) groups excluding carboxylic acids is 1.